The number of hydrogen-bond acceptors (Lipinski definition) is 3. The van der Waals surface area contributed by atoms with Crippen LogP contribution < -0.4 is 4.90 Å². The lowest BCUT2D eigenvalue weighted by molar-refractivity contribution is -0.119. The fourth-order valence-electron chi connectivity index (χ4n) is 2.46. The van der Waals surface area contributed by atoms with E-state index in [1.54, 1.807) is 0 Å². The molecule has 0 atom stereocenters. The average molecular weight is 250 g/mol. The Kier molecular flexibility index (Phi) is 3.71. The smallest absolute Gasteiger partial charge is 0.230 e. The molecule has 0 aliphatic carbocycles. The molecular formula is C13H22N4O. The van der Waals surface area contributed by atoms with Crippen LogP contribution in [0.5, 0.6) is 0 Å². The normalized spacial score (nSPS) is 15.4. The van der Waals surface area contributed by atoms with Crippen LogP contribution >= 0.6 is 0 Å². The molecule has 5 heteroatoms. The van der Waals surface area contributed by atoms with Crippen molar-refractivity contribution in [1.82, 2.24) is 14.7 Å². The minimum absolute atomic E-state index is 0.221. The highest BCUT2D eigenvalue weighted by Gasteiger charge is 2.28. The number of likely N-dealkylation sites (N-methyl/N-ethyl adjacent to an activating group) is 1. The van der Waals surface area contributed by atoms with Crippen molar-refractivity contribution >= 4 is 11.7 Å². The SMILES string of the molecule is CCc1c(C)nn2c1N(CCN(C)C)C(=O)CC2. The van der Waals surface area contributed by atoms with E-state index in [9.17, 15) is 4.79 Å². The van der Waals surface area contributed by atoms with Crippen LogP contribution in [0.25, 0.3) is 0 Å². The Morgan fingerprint density at radius 1 is 1.39 bits per heavy atom. The Hall–Kier alpha value is -1.36. The number of nitrogens with zero attached hydrogens (tertiary/aromatic N) is 4. The van der Waals surface area contributed by atoms with Crippen LogP contribution in [0.15, 0.2) is 0 Å². The summed E-state index contributed by atoms with van der Waals surface area (Å²) in [5.41, 5.74) is 2.26. The summed E-state index contributed by atoms with van der Waals surface area (Å²) < 4.78 is 1.99. The first-order chi connectivity index (χ1) is 8.54. The topological polar surface area (TPSA) is 41.4 Å². The summed E-state index contributed by atoms with van der Waals surface area (Å²) in [6.07, 6.45) is 1.48. The van der Waals surface area contributed by atoms with E-state index in [0.717, 1.165) is 31.0 Å². The second-order valence-electron chi connectivity index (χ2n) is 5.06. The van der Waals surface area contributed by atoms with Crippen LogP contribution in [0.1, 0.15) is 24.6 Å². The number of amides is 1. The lowest BCUT2D eigenvalue weighted by atomic mass is 10.1. The van der Waals surface area contributed by atoms with Gasteiger partial charge in [0.05, 0.1) is 12.2 Å². The van der Waals surface area contributed by atoms with E-state index in [1.165, 1.54) is 5.56 Å². The molecule has 0 aromatic carbocycles. The van der Waals surface area contributed by atoms with Crippen LogP contribution in [0.3, 0.4) is 0 Å². The first-order valence-corrected chi connectivity index (χ1v) is 6.56. The van der Waals surface area contributed by atoms with Crippen molar-refractivity contribution < 1.29 is 4.79 Å². The number of hydrogen-bond donors (Lipinski definition) is 0. The number of aryl methyl sites for hydroxylation is 2. The van der Waals surface area contributed by atoms with Crippen LogP contribution in [0.4, 0.5) is 5.82 Å². The zero-order chi connectivity index (χ0) is 13.3. The Balaban J connectivity index is 2.33. The molecule has 0 unspecified atom stereocenters. The first kappa shape index (κ1) is 13.1. The zero-order valence-electron chi connectivity index (χ0n) is 11.7. The van der Waals surface area contributed by atoms with Crippen molar-refractivity contribution in [1.29, 1.82) is 0 Å². The summed E-state index contributed by atoms with van der Waals surface area (Å²) in [4.78, 5) is 16.1. The number of carbonyl (C=O) groups excluding carboxylic acids is 1. The summed E-state index contributed by atoms with van der Waals surface area (Å²) in [7, 11) is 4.05. The van der Waals surface area contributed by atoms with E-state index < -0.39 is 0 Å². The molecule has 0 radical (unpaired) electrons. The highest BCUT2D eigenvalue weighted by atomic mass is 16.2. The quantitative estimate of drug-likeness (QED) is 0.802. The fraction of sp³-hybridized carbons (Fsp3) is 0.692. The minimum atomic E-state index is 0.221. The van der Waals surface area contributed by atoms with Gasteiger partial charge >= 0.3 is 0 Å². The van der Waals surface area contributed by atoms with Gasteiger partial charge in [0.25, 0.3) is 0 Å². The fourth-order valence-corrected chi connectivity index (χ4v) is 2.46. The van der Waals surface area contributed by atoms with Gasteiger partial charge in [-0.3, -0.25) is 9.69 Å². The molecule has 0 spiro atoms. The van der Waals surface area contributed by atoms with Gasteiger partial charge in [-0.1, -0.05) is 6.92 Å². The predicted octanol–water partition coefficient (Wildman–Crippen LogP) is 1.05. The average Bonchev–Trinajstić information content (AvgIpc) is 2.63. The number of carbonyl (C=O) groups is 1. The van der Waals surface area contributed by atoms with E-state index in [2.05, 4.69) is 16.9 Å². The van der Waals surface area contributed by atoms with Gasteiger partial charge in [0, 0.05) is 25.1 Å². The number of anilines is 1. The van der Waals surface area contributed by atoms with Gasteiger partial charge in [-0.15, -0.1) is 0 Å². The minimum Gasteiger partial charge on any atom is -0.308 e. The van der Waals surface area contributed by atoms with Crippen LogP contribution in [-0.4, -0.2) is 47.8 Å². The number of rotatable bonds is 4. The summed E-state index contributed by atoms with van der Waals surface area (Å²) in [6, 6.07) is 0. The largest absolute Gasteiger partial charge is 0.308 e. The zero-order valence-corrected chi connectivity index (χ0v) is 11.7. The van der Waals surface area contributed by atoms with E-state index in [0.29, 0.717) is 13.0 Å². The van der Waals surface area contributed by atoms with E-state index in [1.807, 2.05) is 30.6 Å². The molecule has 1 amide bonds. The number of aromatic nitrogens is 2. The Morgan fingerprint density at radius 2 is 2.11 bits per heavy atom. The second-order valence-corrected chi connectivity index (χ2v) is 5.06. The van der Waals surface area contributed by atoms with Crippen molar-refractivity contribution in [3.05, 3.63) is 11.3 Å². The van der Waals surface area contributed by atoms with Crippen molar-refractivity contribution in [3.63, 3.8) is 0 Å². The van der Waals surface area contributed by atoms with Crippen molar-refractivity contribution in [2.24, 2.45) is 0 Å². The van der Waals surface area contributed by atoms with Crippen LogP contribution in [-0.2, 0) is 17.8 Å². The monoisotopic (exact) mass is 250 g/mol. The second kappa shape index (κ2) is 5.10. The molecular weight excluding hydrogens is 228 g/mol. The van der Waals surface area contributed by atoms with E-state index in [4.69, 9.17) is 0 Å². The maximum Gasteiger partial charge on any atom is 0.230 e. The Bertz CT molecular complexity index is 450. The summed E-state index contributed by atoms with van der Waals surface area (Å²) in [5.74, 6) is 1.24. The number of fused-ring (bicyclic) bond motifs is 1. The maximum absolute atomic E-state index is 12.1. The molecule has 2 rings (SSSR count). The molecule has 1 aliphatic rings. The maximum atomic E-state index is 12.1. The third kappa shape index (κ3) is 2.27. The molecule has 100 valence electrons. The molecule has 1 aromatic rings. The third-order valence-electron chi connectivity index (χ3n) is 3.44. The molecule has 18 heavy (non-hydrogen) atoms. The highest BCUT2D eigenvalue weighted by Crippen LogP contribution is 2.28. The predicted molar refractivity (Wildman–Crippen MR) is 71.9 cm³/mol. The highest BCUT2D eigenvalue weighted by molar-refractivity contribution is 5.94. The lowest BCUT2D eigenvalue weighted by Gasteiger charge is -2.29. The van der Waals surface area contributed by atoms with Crippen LogP contribution in [0, 0.1) is 6.92 Å². The lowest BCUT2D eigenvalue weighted by Crippen LogP contribution is -2.41. The van der Waals surface area contributed by atoms with Crippen molar-refractivity contribution in [2.45, 2.75) is 33.2 Å². The summed E-state index contributed by atoms with van der Waals surface area (Å²) >= 11 is 0. The molecule has 0 bridgehead atoms. The first-order valence-electron chi connectivity index (χ1n) is 6.56. The molecule has 2 heterocycles. The third-order valence-corrected chi connectivity index (χ3v) is 3.44. The molecule has 1 aliphatic heterocycles. The molecule has 1 aromatic heterocycles. The summed E-state index contributed by atoms with van der Waals surface area (Å²) in [5, 5.41) is 4.54. The van der Waals surface area contributed by atoms with Gasteiger partial charge < -0.3 is 4.90 Å². The van der Waals surface area contributed by atoms with Crippen molar-refractivity contribution in [3.8, 4) is 0 Å². The molecule has 0 fully saturated rings. The van der Waals surface area contributed by atoms with Gasteiger partial charge in [0.1, 0.15) is 5.82 Å². The van der Waals surface area contributed by atoms with Gasteiger partial charge in [-0.25, -0.2) is 4.68 Å². The van der Waals surface area contributed by atoms with Gasteiger partial charge in [0.2, 0.25) is 5.91 Å². The molecule has 0 saturated heterocycles. The standard InChI is InChI=1S/C13H22N4O/c1-5-11-10(2)14-17-7-6-12(18)16(13(11)17)9-8-15(3)4/h5-9H2,1-4H3. The Labute approximate surface area is 108 Å². The summed E-state index contributed by atoms with van der Waals surface area (Å²) in [6.45, 7) is 6.48. The molecule has 5 nitrogen and oxygen atoms in total. The van der Waals surface area contributed by atoms with E-state index >= 15 is 0 Å². The van der Waals surface area contributed by atoms with Gasteiger partial charge in [-0.2, -0.15) is 5.10 Å². The van der Waals surface area contributed by atoms with E-state index in [-0.39, 0.29) is 5.91 Å². The molecule has 0 N–H and O–H groups in total. The molecule has 0 saturated carbocycles. The van der Waals surface area contributed by atoms with Gasteiger partial charge in [0.15, 0.2) is 0 Å². The van der Waals surface area contributed by atoms with Crippen LogP contribution in [0.2, 0.25) is 0 Å². The van der Waals surface area contributed by atoms with Gasteiger partial charge in [-0.05, 0) is 27.4 Å². The van der Waals surface area contributed by atoms with Crippen molar-refractivity contribution in [2.75, 3.05) is 32.1 Å². The Morgan fingerprint density at radius 3 is 2.72 bits per heavy atom.